The second kappa shape index (κ2) is 4.49. The fourth-order valence-electron chi connectivity index (χ4n) is 1.61. The first-order valence-corrected chi connectivity index (χ1v) is 5.07. The van der Waals surface area contributed by atoms with Gasteiger partial charge in [0.05, 0.1) is 0 Å². The lowest BCUT2D eigenvalue weighted by Gasteiger charge is -2.26. The molecule has 1 rings (SSSR count). The first kappa shape index (κ1) is 9.57. The van der Waals surface area contributed by atoms with E-state index in [1.54, 1.807) is 0 Å². The lowest BCUT2D eigenvalue weighted by atomic mass is 9.80. The van der Waals surface area contributed by atoms with Crippen molar-refractivity contribution in [2.24, 2.45) is 5.41 Å². The van der Waals surface area contributed by atoms with E-state index in [-0.39, 0.29) is 0 Å². The van der Waals surface area contributed by atoms with Crippen LogP contribution in [0.5, 0.6) is 0 Å². The van der Waals surface area contributed by atoms with Crippen LogP contribution >= 0.6 is 0 Å². The predicted octanol–water partition coefficient (Wildman–Crippen LogP) is 4.09. The zero-order valence-electron chi connectivity index (χ0n) is 8.34. The molecule has 0 heterocycles. The van der Waals surface area contributed by atoms with Crippen LogP contribution in [0.3, 0.4) is 0 Å². The molecule has 0 aromatic rings. The largest absolute Gasteiger partial charge is 0.0882 e. The summed E-state index contributed by atoms with van der Waals surface area (Å²) in [6.45, 7) is 4.70. The molecule has 0 bridgehead atoms. The highest BCUT2D eigenvalue weighted by Crippen LogP contribution is 2.32. The molecule has 0 heteroatoms. The topological polar surface area (TPSA) is 0 Å². The molecule has 68 valence electrons. The summed E-state index contributed by atoms with van der Waals surface area (Å²) in [5.74, 6) is 0. The molecule has 1 atom stereocenters. The van der Waals surface area contributed by atoms with Gasteiger partial charge in [0.25, 0.3) is 0 Å². The highest BCUT2D eigenvalue weighted by Gasteiger charge is 2.19. The van der Waals surface area contributed by atoms with Crippen molar-refractivity contribution in [3.05, 3.63) is 24.3 Å². The number of allylic oxidation sites excluding steroid dienone is 4. The van der Waals surface area contributed by atoms with Gasteiger partial charge in [0.2, 0.25) is 0 Å². The van der Waals surface area contributed by atoms with Crippen molar-refractivity contribution >= 4 is 0 Å². The quantitative estimate of drug-likeness (QED) is 0.512. The SMILES string of the molecule is CCC1(C)C/C=C/C/C=C/CC1. The third-order valence-electron chi connectivity index (χ3n) is 2.98. The maximum atomic E-state index is 2.40. The van der Waals surface area contributed by atoms with Gasteiger partial charge in [-0.2, -0.15) is 0 Å². The Morgan fingerprint density at radius 3 is 2.67 bits per heavy atom. The summed E-state index contributed by atoms with van der Waals surface area (Å²) in [5, 5.41) is 0. The second-order valence-corrected chi connectivity index (χ2v) is 4.09. The van der Waals surface area contributed by atoms with Gasteiger partial charge < -0.3 is 0 Å². The molecule has 0 N–H and O–H groups in total. The minimum Gasteiger partial charge on any atom is -0.0882 e. The Balaban J connectivity index is 2.57. The Labute approximate surface area is 76.4 Å². The second-order valence-electron chi connectivity index (χ2n) is 4.09. The molecule has 0 amide bonds. The summed E-state index contributed by atoms with van der Waals surface area (Å²) >= 11 is 0. The van der Waals surface area contributed by atoms with Gasteiger partial charge in [-0.3, -0.25) is 0 Å². The van der Waals surface area contributed by atoms with E-state index in [1.165, 1.54) is 25.7 Å². The molecule has 0 aliphatic heterocycles. The number of rotatable bonds is 1. The van der Waals surface area contributed by atoms with Gasteiger partial charge in [-0.1, -0.05) is 44.6 Å². The van der Waals surface area contributed by atoms with E-state index in [0.717, 1.165) is 6.42 Å². The van der Waals surface area contributed by atoms with E-state index < -0.39 is 0 Å². The molecule has 12 heavy (non-hydrogen) atoms. The van der Waals surface area contributed by atoms with Crippen LogP contribution in [-0.2, 0) is 0 Å². The average Bonchev–Trinajstić information content (AvgIpc) is 2.18. The zero-order valence-corrected chi connectivity index (χ0v) is 8.34. The molecule has 0 aromatic heterocycles. The minimum atomic E-state index is 0.547. The van der Waals surface area contributed by atoms with Crippen molar-refractivity contribution in [3.63, 3.8) is 0 Å². The van der Waals surface area contributed by atoms with Gasteiger partial charge in [0.15, 0.2) is 0 Å². The van der Waals surface area contributed by atoms with Gasteiger partial charge >= 0.3 is 0 Å². The lowest BCUT2D eigenvalue weighted by Crippen LogP contribution is -2.13. The average molecular weight is 164 g/mol. The van der Waals surface area contributed by atoms with Crippen molar-refractivity contribution in [1.29, 1.82) is 0 Å². The molecule has 0 saturated heterocycles. The van der Waals surface area contributed by atoms with Crippen LogP contribution in [0.4, 0.5) is 0 Å². The smallest absolute Gasteiger partial charge is 0.0169 e. The Morgan fingerprint density at radius 2 is 1.92 bits per heavy atom. The monoisotopic (exact) mass is 164 g/mol. The highest BCUT2D eigenvalue weighted by molar-refractivity contribution is 4.98. The fourth-order valence-corrected chi connectivity index (χ4v) is 1.61. The van der Waals surface area contributed by atoms with Crippen molar-refractivity contribution in [3.8, 4) is 0 Å². The van der Waals surface area contributed by atoms with Crippen LogP contribution in [-0.4, -0.2) is 0 Å². The van der Waals surface area contributed by atoms with E-state index >= 15 is 0 Å². The van der Waals surface area contributed by atoms with E-state index in [1.807, 2.05) is 0 Å². The molecule has 0 nitrogen and oxygen atoms in total. The summed E-state index contributed by atoms with van der Waals surface area (Å²) in [5.41, 5.74) is 0.547. The van der Waals surface area contributed by atoms with Crippen LogP contribution < -0.4 is 0 Å². The molecule has 1 unspecified atom stereocenters. The first-order chi connectivity index (χ1) is 5.77. The van der Waals surface area contributed by atoms with Crippen LogP contribution in [0, 0.1) is 5.41 Å². The van der Waals surface area contributed by atoms with Crippen LogP contribution in [0.15, 0.2) is 24.3 Å². The number of hydrogen-bond donors (Lipinski definition) is 0. The third-order valence-corrected chi connectivity index (χ3v) is 2.98. The van der Waals surface area contributed by atoms with E-state index in [0.29, 0.717) is 5.41 Å². The molecule has 0 aromatic carbocycles. The van der Waals surface area contributed by atoms with Crippen molar-refractivity contribution in [1.82, 2.24) is 0 Å². The maximum absolute atomic E-state index is 2.40. The third kappa shape index (κ3) is 2.84. The van der Waals surface area contributed by atoms with Crippen molar-refractivity contribution < 1.29 is 0 Å². The Hall–Kier alpha value is -0.520. The normalized spacial score (nSPS) is 36.2. The molecule has 1 aliphatic rings. The maximum Gasteiger partial charge on any atom is -0.0169 e. The van der Waals surface area contributed by atoms with Gasteiger partial charge in [0.1, 0.15) is 0 Å². The van der Waals surface area contributed by atoms with Gasteiger partial charge in [-0.15, -0.1) is 0 Å². The van der Waals surface area contributed by atoms with Crippen molar-refractivity contribution in [2.75, 3.05) is 0 Å². The Morgan fingerprint density at radius 1 is 1.17 bits per heavy atom. The van der Waals surface area contributed by atoms with E-state index in [4.69, 9.17) is 0 Å². The zero-order chi connectivity index (χ0) is 8.86. The summed E-state index contributed by atoms with van der Waals surface area (Å²) in [6, 6.07) is 0. The molecular weight excluding hydrogens is 144 g/mol. The summed E-state index contributed by atoms with van der Waals surface area (Å²) in [6.07, 6.45) is 15.5. The lowest BCUT2D eigenvalue weighted by molar-refractivity contribution is 0.291. The molecule has 0 spiro atoms. The van der Waals surface area contributed by atoms with Gasteiger partial charge in [0, 0.05) is 0 Å². The Bertz CT molecular complexity index is 176. The van der Waals surface area contributed by atoms with Gasteiger partial charge in [-0.05, 0) is 31.1 Å². The molecule has 0 radical (unpaired) electrons. The van der Waals surface area contributed by atoms with Crippen LogP contribution in [0.1, 0.15) is 46.0 Å². The van der Waals surface area contributed by atoms with Gasteiger partial charge in [-0.25, -0.2) is 0 Å². The van der Waals surface area contributed by atoms with Crippen LogP contribution in [0.25, 0.3) is 0 Å². The predicted molar refractivity (Wildman–Crippen MR) is 55.1 cm³/mol. The Kier molecular flexibility index (Phi) is 3.58. The molecule has 0 saturated carbocycles. The van der Waals surface area contributed by atoms with E-state index in [2.05, 4.69) is 38.2 Å². The summed E-state index contributed by atoms with van der Waals surface area (Å²) in [7, 11) is 0. The summed E-state index contributed by atoms with van der Waals surface area (Å²) < 4.78 is 0. The summed E-state index contributed by atoms with van der Waals surface area (Å²) in [4.78, 5) is 0. The fraction of sp³-hybridized carbons (Fsp3) is 0.667. The number of hydrogen-bond acceptors (Lipinski definition) is 0. The minimum absolute atomic E-state index is 0.547. The van der Waals surface area contributed by atoms with Crippen molar-refractivity contribution in [2.45, 2.75) is 46.0 Å². The highest BCUT2D eigenvalue weighted by atomic mass is 14.2. The molecule has 0 fully saturated rings. The van der Waals surface area contributed by atoms with E-state index in [9.17, 15) is 0 Å². The first-order valence-electron chi connectivity index (χ1n) is 5.07. The molecule has 1 aliphatic carbocycles. The molecular formula is C12H20. The standard InChI is InChI=1S/C12H20/c1-3-12(2)10-8-6-4-5-7-9-11-12/h4,6-7,9H,3,5,8,10-11H2,1-2H3/b6-4+,9-7+. The van der Waals surface area contributed by atoms with Crippen LogP contribution in [0.2, 0.25) is 0 Å².